The van der Waals surface area contributed by atoms with E-state index in [9.17, 15) is 9.90 Å². The van der Waals surface area contributed by atoms with Crippen LogP contribution < -0.4 is 4.74 Å². The van der Waals surface area contributed by atoms with Crippen LogP contribution in [0.4, 0.5) is 5.69 Å². The zero-order valence-corrected chi connectivity index (χ0v) is 15.3. The molecule has 134 valence electrons. The fraction of sp³-hybridized carbons (Fsp3) is 0.273. The van der Waals surface area contributed by atoms with Crippen molar-refractivity contribution in [2.75, 3.05) is 7.11 Å². The summed E-state index contributed by atoms with van der Waals surface area (Å²) in [5.74, 6) is 0.679. The van der Waals surface area contributed by atoms with Crippen molar-refractivity contribution in [2.45, 2.75) is 32.6 Å². The summed E-state index contributed by atoms with van der Waals surface area (Å²) in [4.78, 5) is 17.2. The molecule has 0 saturated heterocycles. The van der Waals surface area contributed by atoms with E-state index in [4.69, 9.17) is 4.74 Å². The molecule has 0 aromatic heterocycles. The molecule has 1 N–H and O–H groups in total. The number of benzene rings is 2. The lowest BCUT2D eigenvalue weighted by Crippen LogP contribution is -2.22. The molecule has 0 fully saturated rings. The van der Waals surface area contributed by atoms with Gasteiger partial charge in [-0.05, 0) is 37.5 Å². The van der Waals surface area contributed by atoms with Crippen molar-refractivity contribution in [3.05, 3.63) is 71.0 Å². The highest BCUT2D eigenvalue weighted by Gasteiger charge is 2.30. The third-order valence-electron chi connectivity index (χ3n) is 4.69. The second-order valence-corrected chi connectivity index (χ2v) is 6.63. The summed E-state index contributed by atoms with van der Waals surface area (Å²) < 4.78 is 5.30. The van der Waals surface area contributed by atoms with Crippen molar-refractivity contribution in [1.82, 2.24) is 0 Å². The Balaban J connectivity index is 1.91. The van der Waals surface area contributed by atoms with E-state index < -0.39 is 0 Å². The van der Waals surface area contributed by atoms with Gasteiger partial charge in [0.1, 0.15) is 17.2 Å². The van der Waals surface area contributed by atoms with Gasteiger partial charge in [-0.3, -0.25) is 4.79 Å². The van der Waals surface area contributed by atoms with E-state index in [0.29, 0.717) is 35.6 Å². The minimum atomic E-state index is -0.0728. The minimum Gasteiger partial charge on any atom is -0.511 e. The molecule has 1 unspecified atom stereocenters. The number of aliphatic hydroxyl groups excluding tert-OH is 1. The summed E-state index contributed by atoms with van der Waals surface area (Å²) in [5.41, 5.74) is 3.72. The average molecular weight is 349 g/mol. The van der Waals surface area contributed by atoms with Crippen molar-refractivity contribution in [1.29, 1.82) is 0 Å². The Hall–Kier alpha value is -2.88. The van der Waals surface area contributed by atoms with Gasteiger partial charge in [0.2, 0.25) is 0 Å². The molecule has 4 heteroatoms. The molecule has 1 atom stereocenters. The van der Waals surface area contributed by atoms with Gasteiger partial charge in [-0.25, -0.2) is 4.99 Å². The van der Waals surface area contributed by atoms with Crippen LogP contribution in [0, 0.1) is 6.92 Å². The number of ether oxygens (including phenoxy) is 1. The Morgan fingerprint density at radius 2 is 1.92 bits per heavy atom. The Morgan fingerprint density at radius 3 is 2.62 bits per heavy atom. The van der Waals surface area contributed by atoms with E-state index >= 15 is 0 Å². The largest absolute Gasteiger partial charge is 0.511 e. The number of aliphatic imine (C=N–C) groups is 1. The van der Waals surface area contributed by atoms with Crippen LogP contribution in [-0.4, -0.2) is 23.7 Å². The number of Topliss-reactive ketones (excluding diaryl/α,β-unsaturated/α-hetero) is 1. The first kappa shape index (κ1) is 17.9. The number of aliphatic hydroxyl groups is 1. The Morgan fingerprint density at radius 1 is 1.15 bits per heavy atom. The van der Waals surface area contributed by atoms with Gasteiger partial charge in [-0.15, -0.1) is 0 Å². The molecule has 2 aromatic rings. The van der Waals surface area contributed by atoms with Crippen LogP contribution in [0.5, 0.6) is 5.75 Å². The van der Waals surface area contributed by atoms with E-state index in [0.717, 1.165) is 11.1 Å². The SMILES string of the molecule is COc1ccccc1N=C(C)C1=C(O)CC(c2cccc(C)c2)CC1=O. The van der Waals surface area contributed by atoms with Gasteiger partial charge in [0, 0.05) is 12.8 Å². The first-order chi connectivity index (χ1) is 12.5. The van der Waals surface area contributed by atoms with E-state index in [1.165, 1.54) is 0 Å². The number of hydrogen-bond acceptors (Lipinski definition) is 4. The average Bonchev–Trinajstić information content (AvgIpc) is 2.61. The molecular formula is C22H23NO3. The van der Waals surface area contributed by atoms with E-state index in [1.54, 1.807) is 14.0 Å². The number of methoxy groups -OCH3 is 1. The summed E-state index contributed by atoms with van der Waals surface area (Å²) in [6.07, 6.45) is 0.824. The minimum absolute atomic E-state index is 0.00483. The molecular weight excluding hydrogens is 326 g/mol. The number of ketones is 1. The Bertz CT molecular complexity index is 896. The van der Waals surface area contributed by atoms with Crippen molar-refractivity contribution in [3.8, 4) is 5.75 Å². The molecule has 4 nitrogen and oxygen atoms in total. The van der Waals surface area contributed by atoms with Gasteiger partial charge < -0.3 is 9.84 Å². The summed E-state index contributed by atoms with van der Waals surface area (Å²) in [5, 5.41) is 10.6. The van der Waals surface area contributed by atoms with Crippen LogP contribution in [0.1, 0.15) is 36.8 Å². The van der Waals surface area contributed by atoms with Crippen LogP contribution in [0.15, 0.2) is 64.9 Å². The number of nitrogens with zero attached hydrogens (tertiary/aromatic N) is 1. The first-order valence-electron chi connectivity index (χ1n) is 8.70. The predicted molar refractivity (Wildman–Crippen MR) is 104 cm³/mol. The molecule has 2 aromatic carbocycles. The normalized spacial score (nSPS) is 18.2. The molecule has 0 radical (unpaired) electrons. The standard InChI is InChI=1S/C22H23NO3/c1-14-7-6-8-16(11-14)17-12-19(24)22(20(25)13-17)15(2)23-18-9-4-5-10-21(18)26-3/h4-11,17,24H,12-13H2,1-3H3. The van der Waals surface area contributed by atoms with Crippen molar-refractivity contribution in [2.24, 2.45) is 4.99 Å². The molecule has 0 saturated carbocycles. The number of allylic oxidation sites excluding steroid dienone is 2. The topological polar surface area (TPSA) is 58.9 Å². The molecule has 1 aliphatic carbocycles. The maximum absolute atomic E-state index is 12.7. The van der Waals surface area contributed by atoms with Gasteiger partial charge in [-0.2, -0.15) is 0 Å². The molecule has 1 aliphatic rings. The summed E-state index contributed by atoms with van der Waals surface area (Å²) in [6.45, 7) is 3.78. The van der Waals surface area contributed by atoms with Gasteiger partial charge in [-0.1, -0.05) is 42.0 Å². The number of para-hydroxylation sites is 2. The van der Waals surface area contributed by atoms with E-state index in [-0.39, 0.29) is 17.5 Å². The van der Waals surface area contributed by atoms with Gasteiger partial charge in [0.25, 0.3) is 0 Å². The highest BCUT2D eigenvalue weighted by molar-refractivity contribution is 6.23. The lowest BCUT2D eigenvalue weighted by molar-refractivity contribution is -0.116. The third-order valence-corrected chi connectivity index (χ3v) is 4.69. The molecule has 0 heterocycles. The number of carbonyl (C=O) groups excluding carboxylic acids is 1. The van der Waals surface area contributed by atoms with Gasteiger partial charge in [0.05, 0.1) is 18.4 Å². The number of hydrogen-bond donors (Lipinski definition) is 1. The van der Waals surface area contributed by atoms with Crippen LogP contribution >= 0.6 is 0 Å². The lowest BCUT2D eigenvalue weighted by atomic mass is 9.81. The maximum Gasteiger partial charge on any atom is 0.168 e. The maximum atomic E-state index is 12.7. The number of aryl methyl sites for hydroxylation is 1. The van der Waals surface area contributed by atoms with Crippen molar-refractivity contribution >= 4 is 17.2 Å². The fourth-order valence-electron chi connectivity index (χ4n) is 3.42. The third kappa shape index (κ3) is 3.69. The predicted octanol–water partition coefficient (Wildman–Crippen LogP) is 5.05. The smallest absolute Gasteiger partial charge is 0.168 e. The Kier molecular flexibility index (Phi) is 5.21. The highest BCUT2D eigenvalue weighted by Crippen LogP contribution is 2.35. The molecule has 0 aliphatic heterocycles. The van der Waals surface area contributed by atoms with Crippen LogP contribution in [0.25, 0.3) is 0 Å². The second-order valence-electron chi connectivity index (χ2n) is 6.63. The summed E-state index contributed by atoms with van der Waals surface area (Å²) in [7, 11) is 1.58. The van der Waals surface area contributed by atoms with Crippen LogP contribution in [-0.2, 0) is 4.79 Å². The summed E-state index contributed by atoms with van der Waals surface area (Å²) >= 11 is 0. The quantitative estimate of drug-likeness (QED) is 0.785. The lowest BCUT2D eigenvalue weighted by Gasteiger charge is -2.24. The zero-order valence-electron chi connectivity index (χ0n) is 15.3. The van der Waals surface area contributed by atoms with Crippen molar-refractivity contribution in [3.63, 3.8) is 0 Å². The molecule has 0 bridgehead atoms. The fourth-order valence-corrected chi connectivity index (χ4v) is 3.42. The van der Waals surface area contributed by atoms with E-state index in [1.807, 2.05) is 49.4 Å². The van der Waals surface area contributed by atoms with E-state index in [2.05, 4.69) is 11.1 Å². The number of carbonyl (C=O) groups is 1. The first-order valence-corrected chi connectivity index (χ1v) is 8.70. The zero-order chi connectivity index (χ0) is 18.7. The monoisotopic (exact) mass is 349 g/mol. The molecule has 0 amide bonds. The molecule has 26 heavy (non-hydrogen) atoms. The highest BCUT2D eigenvalue weighted by atomic mass is 16.5. The molecule has 3 rings (SSSR count). The number of rotatable bonds is 4. The van der Waals surface area contributed by atoms with Gasteiger partial charge >= 0.3 is 0 Å². The van der Waals surface area contributed by atoms with Crippen molar-refractivity contribution < 1.29 is 14.6 Å². The second kappa shape index (κ2) is 7.56. The van der Waals surface area contributed by atoms with Gasteiger partial charge in [0.15, 0.2) is 5.78 Å². The summed E-state index contributed by atoms with van der Waals surface area (Å²) in [6, 6.07) is 15.5. The van der Waals surface area contributed by atoms with Crippen LogP contribution in [0.3, 0.4) is 0 Å². The molecule has 0 spiro atoms. The Labute approximate surface area is 153 Å². The van der Waals surface area contributed by atoms with Crippen LogP contribution in [0.2, 0.25) is 0 Å².